The number of aromatic nitrogens is 4. The van der Waals surface area contributed by atoms with E-state index in [1.807, 2.05) is 0 Å². The van der Waals surface area contributed by atoms with Crippen LogP contribution in [0.5, 0.6) is 0 Å². The van der Waals surface area contributed by atoms with E-state index in [9.17, 15) is 19.7 Å². The van der Waals surface area contributed by atoms with Gasteiger partial charge < -0.3 is 10.1 Å². The molecule has 0 saturated heterocycles. The number of benzene rings is 1. The summed E-state index contributed by atoms with van der Waals surface area (Å²) in [5.41, 5.74) is 0.0140. The Labute approximate surface area is 121 Å². The van der Waals surface area contributed by atoms with E-state index in [4.69, 9.17) is 5.11 Å². The molecule has 10 nitrogen and oxygen atoms in total. The Morgan fingerprint density at radius 3 is 2.86 bits per heavy atom. The van der Waals surface area contributed by atoms with Crippen LogP contribution < -0.4 is 5.56 Å². The molecule has 3 aromatic rings. The van der Waals surface area contributed by atoms with Gasteiger partial charge in [-0.3, -0.25) is 24.1 Å². The maximum atomic E-state index is 12.0. The molecule has 2 N–H and O–H groups in total. The molecule has 0 aliphatic carbocycles. The van der Waals surface area contributed by atoms with Crippen LogP contribution in [0.15, 0.2) is 23.0 Å². The number of nitrogens with one attached hydrogen (secondary N) is 1. The van der Waals surface area contributed by atoms with E-state index < -0.39 is 16.5 Å². The van der Waals surface area contributed by atoms with Gasteiger partial charge in [0.05, 0.1) is 22.4 Å². The van der Waals surface area contributed by atoms with Crippen molar-refractivity contribution in [3.63, 3.8) is 0 Å². The molecule has 0 atom stereocenters. The average Bonchev–Trinajstić information content (AvgIpc) is 2.89. The number of aryl methyl sites for hydroxylation is 1. The Morgan fingerprint density at radius 2 is 2.18 bits per heavy atom. The third-order valence-electron chi connectivity index (χ3n) is 3.18. The second-order valence-corrected chi connectivity index (χ2v) is 4.58. The first-order valence-corrected chi connectivity index (χ1v) is 6.23. The number of nitrogens with zero attached hydrogens (tertiary/aromatic N) is 4. The highest BCUT2D eigenvalue weighted by molar-refractivity contribution is 5.80. The van der Waals surface area contributed by atoms with Crippen molar-refractivity contribution in [2.75, 3.05) is 0 Å². The molecule has 0 radical (unpaired) electrons. The highest BCUT2D eigenvalue weighted by atomic mass is 16.6. The van der Waals surface area contributed by atoms with Gasteiger partial charge in [0, 0.05) is 18.6 Å². The third kappa shape index (κ3) is 2.16. The van der Waals surface area contributed by atoms with Crippen LogP contribution in [0.2, 0.25) is 0 Å². The summed E-state index contributed by atoms with van der Waals surface area (Å²) in [5, 5.41) is 27.1. The van der Waals surface area contributed by atoms with Crippen LogP contribution in [0.4, 0.5) is 5.69 Å². The minimum absolute atomic E-state index is 0.0155. The van der Waals surface area contributed by atoms with E-state index in [2.05, 4.69) is 15.2 Å². The smallest absolute Gasteiger partial charge is 0.303 e. The third-order valence-corrected chi connectivity index (χ3v) is 3.18. The number of hydrogen-bond donors (Lipinski definition) is 2. The standard InChI is InChI=1S/C12H9N5O5/c18-10(19)4-3-9-14-15-11-12(20)13-7-5-6(17(21)22)1-2-8(7)16(9)11/h1-2,5H,3-4H2,(H,13,20)(H,18,19). The number of nitro benzene ring substituents is 1. The molecule has 0 fully saturated rings. The molecule has 0 aliphatic rings. The minimum Gasteiger partial charge on any atom is -0.481 e. The molecular formula is C12H9N5O5. The molecule has 2 heterocycles. The van der Waals surface area contributed by atoms with Crippen LogP contribution in [0.25, 0.3) is 16.7 Å². The first-order chi connectivity index (χ1) is 10.5. The Bertz CT molecular complexity index is 973. The fourth-order valence-corrected chi connectivity index (χ4v) is 2.21. The predicted octanol–water partition coefficient (Wildman–Crippen LogP) is 0.496. The van der Waals surface area contributed by atoms with Crippen LogP contribution in [0, 0.1) is 10.1 Å². The molecule has 0 aliphatic heterocycles. The first-order valence-electron chi connectivity index (χ1n) is 6.23. The lowest BCUT2D eigenvalue weighted by atomic mass is 10.2. The lowest BCUT2D eigenvalue weighted by Gasteiger charge is -2.04. The summed E-state index contributed by atoms with van der Waals surface area (Å²) in [6.07, 6.45) is -0.0753. The lowest BCUT2D eigenvalue weighted by molar-refractivity contribution is -0.384. The van der Waals surface area contributed by atoms with Gasteiger partial charge in [0.15, 0.2) is 0 Å². The average molecular weight is 303 g/mol. The molecule has 10 heteroatoms. The molecular weight excluding hydrogens is 294 g/mol. The van der Waals surface area contributed by atoms with Crippen LogP contribution in [-0.4, -0.2) is 35.6 Å². The van der Waals surface area contributed by atoms with Gasteiger partial charge in [0.25, 0.3) is 11.2 Å². The zero-order valence-electron chi connectivity index (χ0n) is 11.0. The second kappa shape index (κ2) is 4.91. The fraction of sp³-hybridized carbons (Fsp3) is 0.167. The number of H-pyrrole nitrogens is 1. The molecule has 112 valence electrons. The topological polar surface area (TPSA) is 143 Å². The van der Waals surface area contributed by atoms with Crippen molar-refractivity contribution in [2.45, 2.75) is 12.8 Å². The summed E-state index contributed by atoms with van der Waals surface area (Å²) in [4.78, 5) is 35.4. The summed E-state index contributed by atoms with van der Waals surface area (Å²) in [7, 11) is 0. The molecule has 0 unspecified atom stereocenters. The quantitative estimate of drug-likeness (QED) is 0.527. The maximum absolute atomic E-state index is 12.0. The molecule has 22 heavy (non-hydrogen) atoms. The van der Waals surface area contributed by atoms with Gasteiger partial charge in [0.1, 0.15) is 5.82 Å². The van der Waals surface area contributed by atoms with Gasteiger partial charge in [-0.1, -0.05) is 0 Å². The van der Waals surface area contributed by atoms with Gasteiger partial charge in [-0.15, -0.1) is 10.2 Å². The van der Waals surface area contributed by atoms with Crippen molar-refractivity contribution in [3.05, 3.63) is 44.5 Å². The Hall–Kier alpha value is -3.30. The zero-order chi connectivity index (χ0) is 15.9. The van der Waals surface area contributed by atoms with Gasteiger partial charge in [-0.2, -0.15) is 0 Å². The van der Waals surface area contributed by atoms with E-state index in [1.54, 1.807) is 0 Å². The van der Waals surface area contributed by atoms with E-state index in [0.717, 1.165) is 0 Å². The van der Waals surface area contributed by atoms with Crippen molar-refractivity contribution in [2.24, 2.45) is 0 Å². The number of fused-ring (bicyclic) bond motifs is 3. The SMILES string of the molecule is O=C(O)CCc1nnc2c(=O)[nH]c3cc([N+](=O)[O-])ccc3n12. The second-order valence-electron chi connectivity index (χ2n) is 4.58. The van der Waals surface area contributed by atoms with Gasteiger partial charge in [-0.05, 0) is 6.07 Å². The highest BCUT2D eigenvalue weighted by Crippen LogP contribution is 2.19. The Morgan fingerprint density at radius 1 is 1.41 bits per heavy atom. The molecule has 3 rings (SSSR count). The number of hydrogen-bond acceptors (Lipinski definition) is 6. The number of carbonyl (C=O) groups is 1. The van der Waals surface area contributed by atoms with Crippen molar-refractivity contribution in [3.8, 4) is 0 Å². The number of rotatable bonds is 4. The monoisotopic (exact) mass is 303 g/mol. The Balaban J connectivity index is 2.28. The van der Waals surface area contributed by atoms with Crippen LogP contribution in [-0.2, 0) is 11.2 Å². The summed E-state index contributed by atoms with van der Waals surface area (Å²) >= 11 is 0. The fourth-order valence-electron chi connectivity index (χ4n) is 2.21. The van der Waals surface area contributed by atoms with E-state index in [1.165, 1.54) is 22.6 Å². The van der Waals surface area contributed by atoms with Crippen molar-refractivity contribution < 1.29 is 14.8 Å². The van der Waals surface area contributed by atoms with Crippen LogP contribution in [0.1, 0.15) is 12.2 Å². The first kappa shape index (κ1) is 13.7. The van der Waals surface area contributed by atoms with E-state index >= 15 is 0 Å². The summed E-state index contributed by atoms with van der Waals surface area (Å²) in [6, 6.07) is 3.99. The molecule has 0 saturated carbocycles. The Kier molecular flexibility index (Phi) is 3.05. The largest absolute Gasteiger partial charge is 0.481 e. The predicted molar refractivity (Wildman–Crippen MR) is 73.7 cm³/mol. The number of nitro groups is 1. The molecule has 0 spiro atoms. The maximum Gasteiger partial charge on any atom is 0.303 e. The number of aromatic amines is 1. The van der Waals surface area contributed by atoms with Gasteiger partial charge in [-0.25, -0.2) is 0 Å². The van der Waals surface area contributed by atoms with Crippen LogP contribution in [0.3, 0.4) is 0 Å². The number of carboxylic acid groups (broad SMARTS) is 1. The van der Waals surface area contributed by atoms with E-state index in [0.29, 0.717) is 11.3 Å². The molecule has 0 amide bonds. The van der Waals surface area contributed by atoms with E-state index in [-0.39, 0.29) is 29.7 Å². The summed E-state index contributed by atoms with van der Waals surface area (Å²) < 4.78 is 1.42. The van der Waals surface area contributed by atoms with Crippen molar-refractivity contribution in [1.82, 2.24) is 19.6 Å². The minimum atomic E-state index is -0.999. The number of aliphatic carboxylic acids is 1. The van der Waals surface area contributed by atoms with Gasteiger partial charge >= 0.3 is 5.97 Å². The number of carboxylic acids is 1. The zero-order valence-corrected chi connectivity index (χ0v) is 11.0. The highest BCUT2D eigenvalue weighted by Gasteiger charge is 2.15. The number of non-ortho nitro benzene ring substituents is 1. The lowest BCUT2D eigenvalue weighted by Crippen LogP contribution is -2.12. The summed E-state index contributed by atoms with van der Waals surface area (Å²) in [5.74, 6) is -0.691. The molecule has 1 aromatic carbocycles. The molecule has 2 aromatic heterocycles. The van der Waals surface area contributed by atoms with Crippen molar-refractivity contribution in [1.29, 1.82) is 0 Å². The summed E-state index contributed by atoms with van der Waals surface area (Å²) in [6.45, 7) is 0. The van der Waals surface area contributed by atoms with Crippen LogP contribution >= 0.6 is 0 Å². The van der Waals surface area contributed by atoms with Crippen molar-refractivity contribution >= 4 is 28.3 Å². The normalized spacial score (nSPS) is 11.1. The van der Waals surface area contributed by atoms with Gasteiger partial charge in [0.2, 0.25) is 5.65 Å². The molecule has 0 bridgehead atoms.